The predicted molar refractivity (Wildman–Crippen MR) is 101 cm³/mol. The van der Waals surface area contributed by atoms with E-state index in [0.29, 0.717) is 5.25 Å². The SMILES string of the molecule is CCNC(=NCC1CCCS1)NCCc1c[nH]c2cc(F)ccc12. The van der Waals surface area contributed by atoms with Crippen LogP contribution in [0.4, 0.5) is 4.39 Å². The lowest BCUT2D eigenvalue weighted by Crippen LogP contribution is -2.38. The Bertz CT molecular complexity index is 691. The minimum Gasteiger partial charge on any atom is -0.361 e. The molecule has 1 aliphatic rings. The number of thioether (sulfide) groups is 1. The average Bonchev–Trinajstić information content (AvgIpc) is 3.22. The molecule has 2 aromatic rings. The minimum atomic E-state index is -0.208. The number of hydrogen-bond donors (Lipinski definition) is 3. The number of aromatic nitrogens is 1. The van der Waals surface area contributed by atoms with Crippen molar-refractivity contribution >= 4 is 28.6 Å². The molecule has 0 bridgehead atoms. The number of guanidine groups is 1. The first-order valence-corrected chi connectivity index (χ1v) is 9.70. The van der Waals surface area contributed by atoms with Crippen molar-refractivity contribution in [1.29, 1.82) is 0 Å². The molecule has 3 rings (SSSR count). The maximum Gasteiger partial charge on any atom is 0.191 e. The van der Waals surface area contributed by atoms with E-state index in [9.17, 15) is 4.39 Å². The van der Waals surface area contributed by atoms with Gasteiger partial charge >= 0.3 is 0 Å². The van der Waals surface area contributed by atoms with Gasteiger partial charge in [0.25, 0.3) is 0 Å². The summed E-state index contributed by atoms with van der Waals surface area (Å²) >= 11 is 2.03. The maximum atomic E-state index is 13.2. The van der Waals surface area contributed by atoms with Crippen molar-refractivity contribution in [3.8, 4) is 0 Å². The Kier molecular flexibility index (Phi) is 6.01. The molecule has 0 aliphatic carbocycles. The fraction of sp³-hybridized carbons (Fsp3) is 0.500. The van der Waals surface area contributed by atoms with Gasteiger partial charge in [0.1, 0.15) is 5.82 Å². The number of aromatic amines is 1. The van der Waals surface area contributed by atoms with Gasteiger partial charge in [-0.1, -0.05) is 0 Å². The number of fused-ring (bicyclic) bond motifs is 1. The van der Waals surface area contributed by atoms with Gasteiger partial charge in [-0.3, -0.25) is 4.99 Å². The lowest BCUT2D eigenvalue weighted by Gasteiger charge is -2.12. The molecule has 1 saturated heterocycles. The second-order valence-corrected chi connectivity index (χ2v) is 7.44. The van der Waals surface area contributed by atoms with Crippen LogP contribution in [0.3, 0.4) is 0 Å². The molecule has 0 saturated carbocycles. The molecule has 0 amide bonds. The normalized spacial score (nSPS) is 18.2. The summed E-state index contributed by atoms with van der Waals surface area (Å²) in [6.07, 6.45) is 5.43. The van der Waals surface area contributed by atoms with Crippen LogP contribution in [0, 0.1) is 5.82 Å². The second kappa shape index (κ2) is 8.42. The van der Waals surface area contributed by atoms with E-state index >= 15 is 0 Å². The largest absolute Gasteiger partial charge is 0.361 e. The van der Waals surface area contributed by atoms with Gasteiger partial charge in [0.2, 0.25) is 0 Å². The number of hydrogen-bond acceptors (Lipinski definition) is 2. The molecule has 24 heavy (non-hydrogen) atoms. The maximum absolute atomic E-state index is 13.2. The highest BCUT2D eigenvalue weighted by molar-refractivity contribution is 8.00. The van der Waals surface area contributed by atoms with E-state index in [2.05, 4.69) is 22.5 Å². The highest BCUT2D eigenvalue weighted by Gasteiger charge is 2.15. The third-order valence-corrected chi connectivity index (χ3v) is 5.62. The molecule has 6 heteroatoms. The van der Waals surface area contributed by atoms with Gasteiger partial charge in [-0.15, -0.1) is 0 Å². The van der Waals surface area contributed by atoms with Crippen LogP contribution in [0.25, 0.3) is 10.9 Å². The molecule has 1 fully saturated rings. The fourth-order valence-corrected chi connectivity index (χ4v) is 4.18. The van der Waals surface area contributed by atoms with E-state index in [4.69, 9.17) is 4.99 Å². The van der Waals surface area contributed by atoms with Crippen molar-refractivity contribution in [1.82, 2.24) is 15.6 Å². The number of H-pyrrole nitrogens is 1. The number of halogens is 1. The zero-order valence-electron chi connectivity index (χ0n) is 14.1. The Hall–Kier alpha value is -1.69. The lowest BCUT2D eigenvalue weighted by atomic mass is 10.1. The topological polar surface area (TPSA) is 52.2 Å². The van der Waals surface area contributed by atoms with E-state index < -0.39 is 0 Å². The summed E-state index contributed by atoms with van der Waals surface area (Å²) in [5, 5.41) is 8.46. The number of aliphatic imine (C=N–C) groups is 1. The summed E-state index contributed by atoms with van der Waals surface area (Å²) in [5.41, 5.74) is 2.04. The summed E-state index contributed by atoms with van der Waals surface area (Å²) in [4.78, 5) is 7.84. The highest BCUT2D eigenvalue weighted by atomic mass is 32.2. The van der Waals surface area contributed by atoms with E-state index in [0.717, 1.165) is 42.9 Å². The second-order valence-electron chi connectivity index (χ2n) is 6.04. The standard InChI is InChI=1S/C18H25FN4S/c1-2-20-18(23-12-15-4-3-9-24-15)21-8-7-13-11-22-17-10-14(19)5-6-16(13)17/h5-6,10-11,15,22H,2-4,7-9,12H2,1H3,(H2,20,21,23). The van der Waals surface area contributed by atoms with Gasteiger partial charge in [0, 0.05) is 35.4 Å². The first-order chi connectivity index (χ1) is 11.8. The summed E-state index contributed by atoms with van der Waals surface area (Å²) in [7, 11) is 0. The van der Waals surface area contributed by atoms with Crippen molar-refractivity contribution in [2.75, 3.05) is 25.4 Å². The quantitative estimate of drug-likeness (QED) is 0.555. The summed E-state index contributed by atoms with van der Waals surface area (Å²) in [6, 6.07) is 4.89. The van der Waals surface area contributed by atoms with Gasteiger partial charge in [-0.05, 0) is 55.7 Å². The Balaban J connectivity index is 1.54. The molecule has 0 spiro atoms. The van der Waals surface area contributed by atoms with Crippen molar-refractivity contribution in [2.24, 2.45) is 4.99 Å². The first kappa shape index (κ1) is 17.1. The molecule has 2 heterocycles. The van der Waals surface area contributed by atoms with Crippen molar-refractivity contribution < 1.29 is 4.39 Å². The number of benzene rings is 1. The molecule has 130 valence electrons. The molecule has 4 nitrogen and oxygen atoms in total. The van der Waals surface area contributed by atoms with E-state index in [1.807, 2.05) is 24.0 Å². The molecule has 3 N–H and O–H groups in total. The van der Waals surface area contributed by atoms with Gasteiger partial charge in [0.05, 0.1) is 6.54 Å². The van der Waals surface area contributed by atoms with E-state index in [1.165, 1.54) is 36.3 Å². The Morgan fingerprint density at radius 2 is 2.33 bits per heavy atom. The Morgan fingerprint density at radius 1 is 1.42 bits per heavy atom. The smallest absolute Gasteiger partial charge is 0.191 e. The monoisotopic (exact) mass is 348 g/mol. The van der Waals surface area contributed by atoms with Gasteiger partial charge in [-0.25, -0.2) is 4.39 Å². The lowest BCUT2D eigenvalue weighted by molar-refractivity contribution is 0.629. The molecular formula is C18H25FN4S. The van der Waals surface area contributed by atoms with Crippen LogP contribution >= 0.6 is 11.8 Å². The molecule has 1 aliphatic heterocycles. The van der Waals surface area contributed by atoms with Crippen LogP contribution in [-0.2, 0) is 6.42 Å². The molecule has 1 aromatic heterocycles. The van der Waals surface area contributed by atoms with E-state index in [-0.39, 0.29) is 5.82 Å². The first-order valence-electron chi connectivity index (χ1n) is 8.65. The summed E-state index contributed by atoms with van der Waals surface area (Å²) in [5.74, 6) is 1.95. The summed E-state index contributed by atoms with van der Waals surface area (Å²) in [6.45, 7) is 4.62. The molecule has 1 unspecified atom stereocenters. The number of nitrogens with zero attached hydrogens (tertiary/aromatic N) is 1. The van der Waals surface area contributed by atoms with Crippen LogP contribution in [0.5, 0.6) is 0 Å². The number of nitrogens with one attached hydrogen (secondary N) is 3. The van der Waals surface area contributed by atoms with Gasteiger partial charge < -0.3 is 15.6 Å². The molecular weight excluding hydrogens is 323 g/mol. The Labute approximate surface area is 146 Å². The average molecular weight is 348 g/mol. The zero-order valence-corrected chi connectivity index (χ0v) is 14.9. The van der Waals surface area contributed by atoms with Crippen LogP contribution in [0.2, 0.25) is 0 Å². The van der Waals surface area contributed by atoms with Gasteiger partial charge in [-0.2, -0.15) is 11.8 Å². The van der Waals surface area contributed by atoms with Crippen molar-refractivity contribution in [2.45, 2.75) is 31.4 Å². The van der Waals surface area contributed by atoms with Crippen molar-refractivity contribution in [3.05, 3.63) is 35.8 Å². The number of rotatable bonds is 6. The predicted octanol–water partition coefficient (Wildman–Crippen LogP) is 3.30. The Morgan fingerprint density at radius 3 is 3.12 bits per heavy atom. The zero-order chi connectivity index (χ0) is 16.8. The van der Waals surface area contributed by atoms with Gasteiger partial charge in [0.15, 0.2) is 5.96 Å². The minimum absolute atomic E-state index is 0.208. The van der Waals surface area contributed by atoms with E-state index in [1.54, 1.807) is 0 Å². The molecule has 0 radical (unpaired) electrons. The van der Waals surface area contributed by atoms with Crippen LogP contribution in [0.15, 0.2) is 29.4 Å². The third kappa shape index (κ3) is 4.44. The highest BCUT2D eigenvalue weighted by Crippen LogP contribution is 2.26. The van der Waals surface area contributed by atoms with Crippen LogP contribution in [0.1, 0.15) is 25.3 Å². The van der Waals surface area contributed by atoms with Crippen LogP contribution < -0.4 is 10.6 Å². The fourth-order valence-electron chi connectivity index (χ4n) is 3.00. The van der Waals surface area contributed by atoms with Crippen molar-refractivity contribution in [3.63, 3.8) is 0 Å². The summed E-state index contributed by atoms with van der Waals surface area (Å²) < 4.78 is 13.2. The molecule has 1 aromatic carbocycles. The molecule has 1 atom stereocenters. The third-order valence-electron chi connectivity index (χ3n) is 4.24. The van der Waals surface area contributed by atoms with Crippen LogP contribution in [-0.4, -0.2) is 41.6 Å².